The summed E-state index contributed by atoms with van der Waals surface area (Å²) in [6.07, 6.45) is 1.78. The fraction of sp³-hybridized carbons (Fsp3) is 0.467. The van der Waals surface area contributed by atoms with Crippen LogP contribution in [0.4, 0.5) is 5.69 Å². The monoisotopic (exact) mass is 280 g/mol. The zero-order chi connectivity index (χ0) is 12.5. The molecule has 1 aliphatic heterocycles. The summed E-state index contributed by atoms with van der Waals surface area (Å²) in [5.41, 5.74) is 2.26. The second-order valence-corrected chi connectivity index (χ2v) is 5.23. The normalized spacial score (nSPS) is 16.9. The third kappa shape index (κ3) is 2.72. The highest BCUT2D eigenvalue weighted by molar-refractivity contribution is 5.89. The Morgan fingerprint density at radius 3 is 2.47 bits per heavy atom. The van der Waals surface area contributed by atoms with E-state index in [-0.39, 0.29) is 12.4 Å². The van der Waals surface area contributed by atoms with Crippen LogP contribution in [0.2, 0.25) is 0 Å². The van der Waals surface area contributed by atoms with Gasteiger partial charge in [-0.15, -0.1) is 12.4 Å². The molecule has 0 radical (unpaired) electrons. The van der Waals surface area contributed by atoms with Crippen LogP contribution in [0.5, 0.6) is 0 Å². The molecule has 0 atom stereocenters. The molecule has 104 valence electrons. The number of furan rings is 1. The van der Waals surface area contributed by atoms with Crippen molar-refractivity contribution in [3.8, 4) is 0 Å². The number of hydrogen-bond donors (Lipinski definition) is 0. The molecular weight excluding hydrogens is 260 g/mol. The summed E-state index contributed by atoms with van der Waals surface area (Å²) in [5, 5.41) is 1.19. The van der Waals surface area contributed by atoms with E-state index in [1.54, 1.807) is 6.26 Å². The number of fused-ring (bicyclic) bond motifs is 1. The van der Waals surface area contributed by atoms with E-state index < -0.39 is 0 Å². The van der Waals surface area contributed by atoms with E-state index in [1.165, 1.54) is 11.1 Å². The van der Waals surface area contributed by atoms with E-state index in [1.807, 2.05) is 6.07 Å². The molecule has 1 fully saturated rings. The van der Waals surface area contributed by atoms with Crippen molar-refractivity contribution in [1.82, 2.24) is 4.90 Å². The molecule has 3 rings (SSSR count). The lowest BCUT2D eigenvalue weighted by molar-refractivity contribution is 0.209. The van der Waals surface area contributed by atoms with Crippen LogP contribution in [0.25, 0.3) is 11.0 Å². The first kappa shape index (κ1) is 14.2. The molecule has 1 aliphatic rings. The second kappa shape index (κ2) is 5.85. The summed E-state index contributed by atoms with van der Waals surface area (Å²) in [5.74, 6) is 0. The summed E-state index contributed by atoms with van der Waals surface area (Å²) in [7, 11) is 0. The molecule has 1 aromatic heterocycles. The zero-order valence-corrected chi connectivity index (χ0v) is 12.3. The Kier molecular flexibility index (Phi) is 4.38. The van der Waals surface area contributed by atoms with Gasteiger partial charge in [-0.05, 0) is 26.0 Å². The Bertz CT molecular complexity index is 530. The molecule has 0 amide bonds. The van der Waals surface area contributed by atoms with Gasteiger partial charge in [0.15, 0.2) is 5.58 Å². The number of benzene rings is 1. The Morgan fingerprint density at radius 2 is 1.79 bits per heavy atom. The quantitative estimate of drug-likeness (QED) is 0.841. The molecule has 0 N–H and O–H groups in total. The molecule has 4 heteroatoms. The Hall–Kier alpha value is -1.19. The van der Waals surface area contributed by atoms with Crippen LogP contribution in [0.3, 0.4) is 0 Å². The maximum atomic E-state index is 5.62. The van der Waals surface area contributed by atoms with Crippen LogP contribution in [0, 0.1) is 0 Å². The predicted molar refractivity (Wildman–Crippen MR) is 82.4 cm³/mol. The standard InChI is InChI=1S/C15H20N2O.ClH/c1-12(2)16-7-9-17(10-8-16)14-5-3-4-13-6-11-18-15(13)14;/h3-6,11-12H,7-10H2,1-2H3;1H. The molecule has 1 saturated heterocycles. The molecular formula is C15H21ClN2O. The first-order valence-electron chi connectivity index (χ1n) is 6.71. The number of piperazine rings is 1. The smallest absolute Gasteiger partial charge is 0.157 e. The van der Waals surface area contributed by atoms with Gasteiger partial charge in [0.25, 0.3) is 0 Å². The summed E-state index contributed by atoms with van der Waals surface area (Å²) in [6.45, 7) is 8.96. The Morgan fingerprint density at radius 1 is 1.05 bits per heavy atom. The van der Waals surface area contributed by atoms with E-state index in [9.17, 15) is 0 Å². The van der Waals surface area contributed by atoms with Crippen molar-refractivity contribution in [1.29, 1.82) is 0 Å². The summed E-state index contributed by atoms with van der Waals surface area (Å²) in [6, 6.07) is 9.06. The number of rotatable bonds is 2. The van der Waals surface area contributed by atoms with Gasteiger partial charge in [0.2, 0.25) is 0 Å². The molecule has 0 aliphatic carbocycles. The van der Waals surface area contributed by atoms with Crippen molar-refractivity contribution < 1.29 is 4.42 Å². The third-order valence-corrected chi connectivity index (χ3v) is 3.84. The van der Waals surface area contributed by atoms with Crippen LogP contribution in [0.15, 0.2) is 34.9 Å². The van der Waals surface area contributed by atoms with Gasteiger partial charge in [-0.2, -0.15) is 0 Å². The highest BCUT2D eigenvalue weighted by atomic mass is 35.5. The van der Waals surface area contributed by atoms with Crippen molar-refractivity contribution >= 4 is 29.1 Å². The topological polar surface area (TPSA) is 19.6 Å². The minimum atomic E-state index is 0. The lowest BCUT2D eigenvalue weighted by Gasteiger charge is -2.38. The number of anilines is 1. The van der Waals surface area contributed by atoms with Crippen LogP contribution < -0.4 is 4.90 Å². The SMILES string of the molecule is CC(C)N1CCN(c2cccc3ccoc23)CC1.Cl. The van der Waals surface area contributed by atoms with E-state index >= 15 is 0 Å². The van der Waals surface area contributed by atoms with Gasteiger partial charge in [-0.3, -0.25) is 4.90 Å². The van der Waals surface area contributed by atoms with Gasteiger partial charge < -0.3 is 9.32 Å². The van der Waals surface area contributed by atoms with Gasteiger partial charge in [0.1, 0.15) is 0 Å². The second-order valence-electron chi connectivity index (χ2n) is 5.23. The largest absolute Gasteiger partial charge is 0.462 e. The minimum Gasteiger partial charge on any atom is -0.462 e. The number of hydrogen-bond acceptors (Lipinski definition) is 3. The third-order valence-electron chi connectivity index (χ3n) is 3.84. The average Bonchev–Trinajstić information content (AvgIpc) is 2.87. The molecule has 0 saturated carbocycles. The molecule has 3 nitrogen and oxygen atoms in total. The molecule has 2 aromatic rings. The van der Waals surface area contributed by atoms with Gasteiger partial charge in [-0.25, -0.2) is 0 Å². The van der Waals surface area contributed by atoms with Crippen molar-refractivity contribution in [2.24, 2.45) is 0 Å². The number of para-hydroxylation sites is 1. The van der Waals surface area contributed by atoms with Crippen molar-refractivity contribution in [3.63, 3.8) is 0 Å². The van der Waals surface area contributed by atoms with E-state index in [0.717, 1.165) is 31.8 Å². The maximum Gasteiger partial charge on any atom is 0.157 e. The van der Waals surface area contributed by atoms with E-state index in [4.69, 9.17) is 4.42 Å². The molecule has 0 unspecified atom stereocenters. The summed E-state index contributed by atoms with van der Waals surface area (Å²) >= 11 is 0. The van der Waals surface area contributed by atoms with Crippen LogP contribution >= 0.6 is 12.4 Å². The van der Waals surface area contributed by atoms with Gasteiger partial charge in [0, 0.05) is 37.6 Å². The minimum absolute atomic E-state index is 0. The summed E-state index contributed by atoms with van der Waals surface area (Å²) < 4.78 is 5.62. The molecule has 0 spiro atoms. The van der Waals surface area contributed by atoms with Crippen molar-refractivity contribution in [2.45, 2.75) is 19.9 Å². The van der Waals surface area contributed by atoms with E-state index in [0.29, 0.717) is 6.04 Å². The Balaban J connectivity index is 0.00000133. The highest BCUT2D eigenvalue weighted by Gasteiger charge is 2.20. The zero-order valence-electron chi connectivity index (χ0n) is 11.5. The van der Waals surface area contributed by atoms with Gasteiger partial charge >= 0.3 is 0 Å². The van der Waals surface area contributed by atoms with Crippen LogP contribution in [0.1, 0.15) is 13.8 Å². The van der Waals surface area contributed by atoms with Gasteiger partial charge in [-0.1, -0.05) is 12.1 Å². The molecule has 0 bridgehead atoms. The van der Waals surface area contributed by atoms with Crippen LogP contribution in [-0.2, 0) is 0 Å². The first-order valence-corrected chi connectivity index (χ1v) is 6.71. The fourth-order valence-electron chi connectivity index (χ4n) is 2.71. The molecule has 19 heavy (non-hydrogen) atoms. The number of nitrogens with zero attached hydrogens (tertiary/aromatic N) is 2. The predicted octanol–water partition coefficient (Wildman–Crippen LogP) is 3.39. The molecule has 1 aromatic carbocycles. The first-order chi connectivity index (χ1) is 8.75. The maximum absolute atomic E-state index is 5.62. The van der Waals surface area contributed by atoms with Crippen molar-refractivity contribution in [3.05, 3.63) is 30.5 Å². The average molecular weight is 281 g/mol. The number of halogens is 1. The van der Waals surface area contributed by atoms with Crippen LogP contribution in [-0.4, -0.2) is 37.1 Å². The highest BCUT2D eigenvalue weighted by Crippen LogP contribution is 2.28. The van der Waals surface area contributed by atoms with Crippen molar-refractivity contribution in [2.75, 3.05) is 31.1 Å². The van der Waals surface area contributed by atoms with E-state index in [2.05, 4.69) is 41.8 Å². The fourth-order valence-corrected chi connectivity index (χ4v) is 2.71. The lowest BCUT2D eigenvalue weighted by Crippen LogP contribution is -2.48. The Labute approximate surface area is 120 Å². The lowest BCUT2D eigenvalue weighted by atomic mass is 10.2. The summed E-state index contributed by atoms with van der Waals surface area (Å²) in [4.78, 5) is 4.96. The molecule has 2 heterocycles. The van der Waals surface area contributed by atoms with Gasteiger partial charge in [0.05, 0.1) is 12.0 Å².